The van der Waals surface area contributed by atoms with Crippen LogP contribution in [0.25, 0.3) is 22.5 Å². The molecule has 0 aliphatic carbocycles. The highest BCUT2D eigenvalue weighted by atomic mass is 16.5. The lowest BCUT2D eigenvalue weighted by Crippen LogP contribution is -2.34. The summed E-state index contributed by atoms with van der Waals surface area (Å²) in [6.07, 6.45) is 2.12. The number of carbonyl (C=O) groups excluding carboxylic acids is 4. The van der Waals surface area contributed by atoms with Crippen molar-refractivity contribution in [3.63, 3.8) is 0 Å². The molecule has 2 aromatic carbocycles. The number of esters is 1. The van der Waals surface area contributed by atoms with E-state index in [0.29, 0.717) is 54.7 Å². The fourth-order valence-electron chi connectivity index (χ4n) is 5.26. The molecular formula is C35H45N5O6. The van der Waals surface area contributed by atoms with Gasteiger partial charge in [0.25, 0.3) is 0 Å². The average molecular weight is 632 g/mol. The number of amides is 2. The molecule has 3 aromatic rings. The molecule has 1 N–H and O–H groups in total. The third-order valence-corrected chi connectivity index (χ3v) is 7.83. The first-order valence-corrected chi connectivity index (χ1v) is 16.1. The van der Waals surface area contributed by atoms with Gasteiger partial charge in [0.1, 0.15) is 18.0 Å². The lowest BCUT2D eigenvalue weighted by Gasteiger charge is -2.28. The van der Waals surface area contributed by atoms with Crippen LogP contribution in [0, 0.1) is 11.8 Å². The van der Waals surface area contributed by atoms with E-state index in [1.807, 2.05) is 62.4 Å². The molecule has 0 spiro atoms. The van der Waals surface area contributed by atoms with Gasteiger partial charge >= 0.3 is 5.97 Å². The molecule has 1 aromatic heterocycles. The van der Waals surface area contributed by atoms with E-state index in [9.17, 15) is 19.2 Å². The van der Waals surface area contributed by atoms with Crippen LogP contribution in [0.5, 0.6) is 0 Å². The summed E-state index contributed by atoms with van der Waals surface area (Å²) in [5, 5.41) is 11.6. The highest BCUT2D eigenvalue weighted by Crippen LogP contribution is 2.41. The molecule has 0 saturated carbocycles. The molecule has 0 atom stereocenters. The van der Waals surface area contributed by atoms with Crippen LogP contribution in [-0.2, 0) is 41.7 Å². The maximum absolute atomic E-state index is 13.8. The molecule has 1 aliphatic heterocycles. The van der Waals surface area contributed by atoms with E-state index in [1.54, 1.807) is 4.90 Å². The standard InChI is InChI=1S/C35H45N5O6/c1-24(2)10-9-19-46-33(44)23-40-35-28-13-7-8-14-29(28)39(22-26-11-5-6-12-27(26)34(35)37-38-40)32(43)16-15-31(42)36-18-21-45-20-17-30(41)25(3)4/h5-8,11-14,24-25H,9-10,15-23H2,1-4H3,(H,36,42). The zero-order valence-electron chi connectivity index (χ0n) is 27.3. The van der Waals surface area contributed by atoms with Crippen molar-refractivity contribution in [3.8, 4) is 22.5 Å². The summed E-state index contributed by atoms with van der Waals surface area (Å²) in [7, 11) is 0. The molecule has 0 fully saturated rings. The van der Waals surface area contributed by atoms with Gasteiger partial charge in [0.2, 0.25) is 11.8 Å². The largest absolute Gasteiger partial charge is 0.464 e. The van der Waals surface area contributed by atoms with E-state index >= 15 is 0 Å². The van der Waals surface area contributed by atoms with Crippen molar-refractivity contribution < 1.29 is 28.7 Å². The Morgan fingerprint density at radius 2 is 1.63 bits per heavy atom. The number of nitrogens with zero attached hydrogens (tertiary/aromatic N) is 4. The first kappa shape index (κ1) is 34.5. The molecule has 11 heteroatoms. The Kier molecular flexibility index (Phi) is 12.6. The monoisotopic (exact) mass is 631 g/mol. The Hall–Kier alpha value is -4.38. The molecule has 0 bridgehead atoms. The van der Waals surface area contributed by atoms with Crippen molar-refractivity contribution in [2.45, 2.75) is 72.9 Å². The highest BCUT2D eigenvalue weighted by Gasteiger charge is 2.29. The van der Waals surface area contributed by atoms with Crippen LogP contribution in [0.2, 0.25) is 0 Å². The quantitative estimate of drug-likeness (QED) is 0.173. The predicted octanol–water partition coefficient (Wildman–Crippen LogP) is 4.97. The van der Waals surface area contributed by atoms with Gasteiger partial charge < -0.3 is 19.7 Å². The van der Waals surface area contributed by atoms with E-state index < -0.39 is 5.97 Å². The van der Waals surface area contributed by atoms with Crippen LogP contribution in [0.4, 0.5) is 5.69 Å². The molecule has 46 heavy (non-hydrogen) atoms. The molecule has 4 rings (SSSR count). The van der Waals surface area contributed by atoms with Gasteiger partial charge in [-0.3, -0.25) is 19.2 Å². The maximum Gasteiger partial charge on any atom is 0.327 e. The van der Waals surface area contributed by atoms with Gasteiger partial charge in [0.15, 0.2) is 0 Å². The van der Waals surface area contributed by atoms with Crippen molar-refractivity contribution in [1.82, 2.24) is 20.3 Å². The maximum atomic E-state index is 13.8. The Morgan fingerprint density at radius 3 is 2.39 bits per heavy atom. The first-order chi connectivity index (χ1) is 22.2. The number of nitrogens with one attached hydrogen (secondary N) is 1. The van der Waals surface area contributed by atoms with Gasteiger partial charge in [-0.2, -0.15) is 0 Å². The second kappa shape index (κ2) is 16.8. The zero-order valence-corrected chi connectivity index (χ0v) is 27.3. The predicted molar refractivity (Wildman–Crippen MR) is 175 cm³/mol. The van der Waals surface area contributed by atoms with Gasteiger partial charge in [0.05, 0.1) is 37.7 Å². The molecule has 1 aliphatic rings. The lowest BCUT2D eigenvalue weighted by molar-refractivity contribution is -0.144. The highest BCUT2D eigenvalue weighted by molar-refractivity contribution is 6.01. The Balaban J connectivity index is 1.47. The van der Waals surface area contributed by atoms with Gasteiger partial charge in [-0.05, 0) is 30.4 Å². The molecule has 11 nitrogen and oxygen atoms in total. The van der Waals surface area contributed by atoms with Crippen LogP contribution in [0.3, 0.4) is 0 Å². The molecular weight excluding hydrogens is 586 g/mol. The molecule has 0 unspecified atom stereocenters. The van der Waals surface area contributed by atoms with Crippen LogP contribution < -0.4 is 10.2 Å². The topological polar surface area (TPSA) is 133 Å². The van der Waals surface area contributed by atoms with Gasteiger partial charge in [-0.15, -0.1) is 5.10 Å². The second-order valence-corrected chi connectivity index (χ2v) is 12.2. The SMILES string of the molecule is CC(C)CCCOC(=O)Cn1nnc2c1-c1ccccc1N(C(=O)CCC(=O)NCCOCCC(=O)C(C)C)Cc1ccccc1-2. The Labute approximate surface area is 270 Å². The summed E-state index contributed by atoms with van der Waals surface area (Å²) in [4.78, 5) is 52.5. The number of anilines is 1. The number of hydrogen-bond donors (Lipinski definition) is 1. The third-order valence-electron chi connectivity index (χ3n) is 7.83. The van der Waals surface area contributed by atoms with Crippen molar-refractivity contribution in [3.05, 3.63) is 54.1 Å². The van der Waals surface area contributed by atoms with E-state index in [4.69, 9.17) is 9.47 Å². The second-order valence-electron chi connectivity index (χ2n) is 12.2. The number of aromatic nitrogens is 3. The average Bonchev–Trinajstić information content (AvgIpc) is 3.43. The zero-order chi connectivity index (χ0) is 33.1. The number of ketones is 1. The van der Waals surface area contributed by atoms with Gasteiger partial charge in [0, 0.05) is 42.9 Å². The first-order valence-electron chi connectivity index (χ1n) is 16.1. The summed E-state index contributed by atoms with van der Waals surface area (Å²) in [6.45, 7) is 9.37. The molecule has 0 saturated heterocycles. The molecule has 0 radical (unpaired) electrons. The number of para-hydroxylation sites is 1. The van der Waals surface area contributed by atoms with Gasteiger partial charge in [-0.25, -0.2) is 4.68 Å². The molecule has 2 heterocycles. The summed E-state index contributed by atoms with van der Waals surface area (Å²) in [5.74, 6) is -0.229. The van der Waals surface area contributed by atoms with Crippen molar-refractivity contribution in [1.29, 1.82) is 0 Å². The smallest absolute Gasteiger partial charge is 0.327 e. The summed E-state index contributed by atoms with van der Waals surface area (Å²) in [6, 6.07) is 15.1. The minimum absolute atomic E-state index is 0.000839. The lowest BCUT2D eigenvalue weighted by atomic mass is 9.95. The molecule has 2 amide bonds. The number of fused-ring (bicyclic) bond motifs is 5. The molecule has 246 valence electrons. The normalized spacial score (nSPS) is 12.2. The number of hydrogen-bond acceptors (Lipinski definition) is 8. The van der Waals surface area contributed by atoms with Crippen molar-refractivity contribution in [2.75, 3.05) is 31.3 Å². The van der Waals surface area contributed by atoms with Crippen LogP contribution in [0.1, 0.15) is 65.4 Å². The van der Waals surface area contributed by atoms with Crippen LogP contribution in [-0.4, -0.2) is 64.9 Å². The van der Waals surface area contributed by atoms with E-state index in [1.165, 1.54) is 4.68 Å². The third kappa shape index (κ3) is 9.32. The number of Topliss-reactive ketones (excluding diaryl/α,β-unsaturated/α-hetero) is 1. The van der Waals surface area contributed by atoms with Gasteiger partial charge in [-0.1, -0.05) is 75.4 Å². The number of benzene rings is 2. The Morgan fingerprint density at radius 1 is 0.891 bits per heavy atom. The fourth-order valence-corrected chi connectivity index (χ4v) is 5.26. The van der Waals surface area contributed by atoms with E-state index in [0.717, 1.165) is 24.0 Å². The fraction of sp³-hybridized carbons (Fsp3) is 0.486. The summed E-state index contributed by atoms with van der Waals surface area (Å²) >= 11 is 0. The summed E-state index contributed by atoms with van der Waals surface area (Å²) < 4.78 is 12.5. The number of carbonyl (C=O) groups is 4. The van der Waals surface area contributed by atoms with Crippen molar-refractivity contribution in [2.24, 2.45) is 11.8 Å². The van der Waals surface area contributed by atoms with E-state index in [-0.39, 0.29) is 56.1 Å². The number of ether oxygens (including phenoxy) is 2. The minimum Gasteiger partial charge on any atom is -0.464 e. The summed E-state index contributed by atoms with van der Waals surface area (Å²) in [5.41, 5.74) is 4.27. The number of rotatable bonds is 16. The van der Waals surface area contributed by atoms with E-state index in [2.05, 4.69) is 29.5 Å². The van der Waals surface area contributed by atoms with Crippen LogP contribution in [0.15, 0.2) is 48.5 Å². The van der Waals surface area contributed by atoms with Crippen molar-refractivity contribution >= 4 is 29.3 Å². The minimum atomic E-state index is -0.405. The Bertz CT molecular complexity index is 1510. The van der Waals surface area contributed by atoms with Crippen LogP contribution >= 0.6 is 0 Å².